The topological polar surface area (TPSA) is 27.7 Å². The third kappa shape index (κ3) is 30.7. The van der Waals surface area contributed by atoms with Crippen molar-refractivity contribution >= 4 is 23.2 Å². The van der Waals surface area contributed by atoms with Crippen molar-refractivity contribution in [2.75, 3.05) is 25.3 Å². The molecule has 0 saturated heterocycles. The van der Waals surface area contributed by atoms with Crippen LogP contribution in [0.15, 0.2) is 24.3 Å². The van der Waals surface area contributed by atoms with E-state index in [4.69, 9.17) is 37.4 Å². The van der Waals surface area contributed by atoms with Gasteiger partial charge in [0.25, 0.3) is 0 Å². The van der Waals surface area contributed by atoms with Crippen molar-refractivity contribution in [2.45, 2.75) is 167 Å². The molecular formula is C34H64Cl2O3. The predicted octanol–water partition coefficient (Wildman–Crippen LogP) is 11.9. The van der Waals surface area contributed by atoms with Crippen LogP contribution in [0.3, 0.4) is 0 Å². The molecule has 0 radical (unpaired) electrons. The van der Waals surface area contributed by atoms with Crippen LogP contribution in [-0.2, 0) is 14.2 Å². The molecule has 39 heavy (non-hydrogen) atoms. The van der Waals surface area contributed by atoms with E-state index < -0.39 is 0 Å². The van der Waals surface area contributed by atoms with Crippen molar-refractivity contribution in [2.24, 2.45) is 0 Å². The summed E-state index contributed by atoms with van der Waals surface area (Å²) in [5.74, 6) is 1.58. The van der Waals surface area contributed by atoms with Crippen LogP contribution in [0, 0.1) is 0 Å². The van der Waals surface area contributed by atoms with Crippen molar-refractivity contribution < 1.29 is 14.2 Å². The maximum Gasteiger partial charge on any atom is 0.149 e. The minimum atomic E-state index is 0.269. The molecule has 0 aromatic carbocycles. The number of ether oxygens (including phenoxy) is 3. The fraction of sp³-hybridized carbons (Fsp3) is 0.882. The standard InChI is InChI=1S/C34H64Cl2O3/c1-3-5-19-25-33(27-21-15-11-7-9-13-17-23-29-35)38-31-37-32-39-34(26-20-6-4-2)28-22-16-12-8-10-14-18-24-30-36/h11-12,15-16,33-34H,3-10,13-14,17-32H2,1-2H3. The Hall–Kier alpha value is -0.0600. The van der Waals surface area contributed by atoms with Gasteiger partial charge < -0.3 is 14.2 Å². The molecule has 0 aromatic rings. The van der Waals surface area contributed by atoms with Gasteiger partial charge in [0.15, 0.2) is 0 Å². The first-order valence-electron chi connectivity index (χ1n) is 16.5. The number of alkyl halides is 2. The van der Waals surface area contributed by atoms with Gasteiger partial charge in [0.05, 0.1) is 12.2 Å². The van der Waals surface area contributed by atoms with E-state index in [2.05, 4.69) is 38.2 Å². The third-order valence-corrected chi connectivity index (χ3v) is 7.72. The quantitative estimate of drug-likeness (QED) is 0.0337. The molecule has 5 heteroatoms. The second-order valence-electron chi connectivity index (χ2n) is 10.9. The Bertz CT molecular complexity index is 469. The van der Waals surface area contributed by atoms with Gasteiger partial charge in [0, 0.05) is 11.8 Å². The first-order valence-corrected chi connectivity index (χ1v) is 17.6. The lowest BCUT2D eigenvalue weighted by Crippen LogP contribution is -2.19. The molecule has 2 atom stereocenters. The van der Waals surface area contributed by atoms with Crippen LogP contribution >= 0.6 is 23.2 Å². The molecule has 0 aliphatic heterocycles. The van der Waals surface area contributed by atoms with E-state index >= 15 is 0 Å². The van der Waals surface area contributed by atoms with E-state index in [9.17, 15) is 0 Å². The molecule has 0 amide bonds. The van der Waals surface area contributed by atoms with Gasteiger partial charge in [-0.2, -0.15) is 0 Å². The van der Waals surface area contributed by atoms with Gasteiger partial charge in [-0.05, 0) is 77.0 Å². The van der Waals surface area contributed by atoms with Crippen LogP contribution in [0.4, 0.5) is 0 Å². The van der Waals surface area contributed by atoms with Crippen LogP contribution in [0.1, 0.15) is 155 Å². The van der Waals surface area contributed by atoms with Gasteiger partial charge in [0.1, 0.15) is 13.6 Å². The highest BCUT2D eigenvalue weighted by Gasteiger charge is 2.10. The van der Waals surface area contributed by atoms with Gasteiger partial charge in [-0.25, -0.2) is 0 Å². The normalized spacial score (nSPS) is 13.6. The Labute approximate surface area is 253 Å². The van der Waals surface area contributed by atoms with Crippen LogP contribution < -0.4 is 0 Å². The van der Waals surface area contributed by atoms with Gasteiger partial charge >= 0.3 is 0 Å². The van der Waals surface area contributed by atoms with E-state index in [0.717, 1.165) is 63.1 Å². The minimum Gasteiger partial charge on any atom is -0.352 e. The third-order valence-electron chi connectivity index (χ3n) is 7.19. The molecule has 0 spiro atoms. The number of halogens is 2. The van der Waals surface area contributed by atoms with Crippen LogP contribution in [0.5, 0.6) is 0 Å². The predicted molar refractivity (Wildman–Crippen MR) is 173 cm³/mol. The Kier molecular flexibility index (Phi) is 34.1. The highest BCUT2D eigenvalue weighted by molar-refractivity contribution is 6.18. The molecule has 0 N–H and O–H groups in total. The number of hydrogen-bond donors (Lipinski definition) is 0. The maximum absolute atomic E-state index is 6.13. The molecule has 0 aromatic heterocycles. The van der Waals surface area contributed by atoms with Crippen molar-refractivity contribution in [3.05, 3.63) is 24.3 Å². The molecule has 232 valence electrons. The summed E-state index contributed by atoms with van der Waals surface area (Å²) in [7, 11) is 0. The largest absolute Gasteiger partial charge is 0.352 e. The van der Waals surface area contributed by atoms with E-state index in [0.29, 0.717) is 13.6 Å². The van der Waals surface area contributed by atoms with Gasteiger partial charge in [-0.3, -0.25) is 0 Å². The number of allylic oxidation sites excluding steroid dienone is 4. The van der Waals surface area contributed by atoms with E-state index in [1.807, 2.05) is 0 Å². The average molecular weight is 592 g/mol. The lowest BCUT2D eigenvalue weighted by Gasteiger charge is -2.19. The van der Waals surface area contributed by atoms with Crippen molar-refractivity contribution in [1.82, 2.24) is 0 Å². The summed E-state index contributed by atoms with van der Waals surface area (Å²) < 4.78 is 18.1. The second-order valence-corrected chi connectivity index (χ2v) is 11.6. The molecule has 0 heterocycles. The van der Waals surface area contributed by atoms with Gasteiger partial charge in [-0.1, -0.05) is 102 Å². The van der Waals surface area contributed by atoms with Gasteiger partial charge in [-0.15, -0.1) is 23.2 Å². The Morgan fingerprint density at radius 2 is 0.872 bits per heavy atom. The Morgan fingerprint density at radius 1 is 0.462 bits per heavy atom. The summed E-state index contributed by atoms with van der Waals surface area (Å²) >= 11 is 11.5. The monoisotopic (exact) mass is 590 g/mol. The van der Waals surface area contributed by atoms with Gasteiger partial charge in [0.2, 0.25) is 0 Å². The summed E-state index contributed by atoms with van der Waals surface area (Å²) in [5, 5.41) is 0. The zero-order valence-corrected chi connectivity index (χ0v) is 27.3. The van der Waals surface area contributed by atoms with Crippen molar-refractivity contribution in [3.63, 3.8) is 0 Å². The fourth-order valence-corrected chi connectivity index (χ4v) is 5.02. The zero-order valence-electron chi connectivity index (χ0n) is 25.8. The smallest absolute Gasteiger partial charge is 0.149 e. The Morgan fingerprint density at radius 3 is 1.28 bits per heavy atom. The molecule has 0 aliphatic carbocycles. The summed E-state index contributed by atoms with van der Waals surface area (Å²) in [4.78, 5) is 0. The zero-order chi connectivity index (χ0) is 28.5. The molecule has 2 unspecified atom stereocenters. The van der Waals surface area contributed by atoms with Crippen molar-refractivity contribution in [3.8, 4) is 0 Å². The molecule has 0 aliphatic rings. The van der Waals surface area contributed by atoms with Crippen LogP contribution in [0.25, 0.3) is 0 Å². The highest BCUT2D eigenvalue weighted by Crippen LogP contribution is 2.16. The second kappa shape index (κ2) is 34.1. The lowest BCUT2D eigenvalue weighted by atomic mass is 10.1. The van der Waals surface area contributed by atoms with Crippen LogP contribution in [-0.4, -0.2) is 37.6 Å². The highest BCUT2D eigenvalue weighted by atomic mass is 35.5. The van der Waals surface area contributed by atoms with E-state index in [-0.39, 0.29) is 12.2 Å². The number of hydrogen-bond acceptors (Lipinski definition) is 3. The first-order chi connectivity index (χ1) is 19.3. The van der Waals surface area contributed by atoms with Crippen LogP contribution in [0.2, 0.25) is 0 Å². The number of rotatable bonds is 32. The fourth-order valence-electron chi connectivity index (χ4n) is 4.64. The molecule has 0 rings (SSSR count). The Balaban J connectivity index is 4.20. The molecule has 0 fully saturated rings. The SMILES string of the molecule is CCCCCC(CCC=CCCCCCCCl)OCOCOC(CCC=CCCCCCCCl)CCCCC. The van der Waals surface area contributed by atoms with E-state index in [1.54, 1.807) is 0 Å². The molecule has 0 saturated carbocycles. The first kappa shape index (κ1) is 38.9. The molecule has 3 nitrogen and oxygen atoms in total. The summed E-state index contributed by atoms with van der Waals surface area (Å²) in [6, 6.07) is 0. The molecular weight excluding hydrogens is 527 g/mol. The summed E-state index contributed by atoms with van der Waals surface area (Å²) in [6.07, 6.45) is 36.1. The number of unbranched alkanes of at least 4 members (excludes halogenated alkanes) is 12. The summed E-state index contributed by atoms with van der Waals surface area (Å²) in [6.45, 7) is 5.16. The lowest BCUT2D eigenvalue weighted by molar-refractivity contribution is -0.167. The molecule has 0 bridgehead atoms. The van der Waals surface area contributed by atoms with Crippen molar-refractivity contribution in [1.29, 1.82) is 0 Å². The minimum absolute atomic E-state index is 0.269. The van der Waals surface area contributed by atoms with E-state index in [1.165, 1.54) is 89.9 Å². The summed E-state index contributed by atoms with van der Waals surface area (Å²) in [5.41, 5.74) is 0. The maximum atomic E-state index is 6.13. The average Bonchev–Trinajstić information content (AvgIpc) is 2.94.